The first-order chi connectivity index (χ1) is 8.60. The molecule has 0 fully saturated rings. The lowest BCUT2D eigenvalue weighted by Crippen LogP contribution is -2.28. The molecule has 0 amide bonds. The first kappa shape index (κ1) is 15.5. The number of nitrogens with one attached hydrogen (secondary N) is 1. The number of hydrogen-bond donors (Lipinski definition) is 1. The van der Waals surface area contributed by atoms with Crippen LogP contribution in [0.15, 0.2) is 18.2 Å². The van der Waals surface area contributed by atoms with Crippen LogP contribution in [-0.2, 0) is 0 Å². The largest absolute Gasteiger partial charge is 0.310 e. The molecule has 0 bridgehead atoms. The van der Waals surface area contributed by atoms with Crippen molar-refractivity contribution in [3.05, 3.63) is 34.6 Å². The fourth-order valence-electron chi connectivity index (χ4n) is 2.29. The summed E-state index contributed by atoms with van der Waals surface area (Å²) in [5.41, 5.74) is 0.881. The van der Waals surface area contributed by atoms with Gasteiger partial charge in [-0.05, 0) is 49.1 Å². The van der Waals surface area contributed by atoms with Crippen molar-refractivity contribution in [2.24, 2.45) is 5.92 Å². The maximum absolute atomic E-state index is 13.4. The van der Waals surface area contributed by atoms with Crippen LogP contribution >= 0.6 is 11.6 Å². The molecule has 0 radical (unpaired) electrons. The van der Waals surface area contributed by atoms with E-state index < -0.39 is 0 Å². The summed E-state index contributed by atoms with van der Waals surface area (Å²) in [6.45, 7) is 7.41. The van der Waals surface area contributed by atoms with Gasteiger partial charge in [0.05, 0.1) is 0 Å². The highest BCUT2D eigenvalue weighted by Gasteiger charge is 2.20. The standard InChI is InChI=1S/C15H23ClFN/c1-4-6-11(3)15(18-9-5-2)13-10-12(17)7-8-14(13)16/h7-8,10-11,15,18H,4-6,9H2,1-3H3. The summed E-state index contributed by atoms with van der Waals surface area (Å²) >= 11 is 6.21. The zero-order chi connectivity index (χ0) is 13.5. The maximum atomic E-state index is 13.4. The van der Waals surface area contributed by atoms with E-state index in [0.717, 1.165) is 31.4 Å². The number of rotatable bonds is 7. The summed E-state index contributed by atoms with van der Waals surface area (Å²) in [5, 5.41) is 4.13. The fraction of sp³-hybridized carbons (Fsp3) is 0.600. The molecule has 0 saturated heterocycles. The van der Waals surface area contributed by atoms with Crippen molar-refractivity contribution in [3.63, 3.8) is 0 Å². The van der Waals surface area contributed by atoms with E-state index in [9.17, 15) is 4.39 Å². The summed E-state index contributed by atoms with van der Waals surface area (Å²) in [5.74, 6) is 0.224. The molecule has 1 N–H and O–H groups in total. The quantitative estimate of drug-likeness (QED) is 0.739. The molecule has 2 unspecified atom stereocenters. The minimum Gasteiger partial charge on any atom is -0.310 e. The first-order valence-electron chi connectivity index (χ1n) is 6.78. The van der Waals surface area contributed by atoms with Crippen molar-refractivity contribution >= 4 is 11.6 Å². The van der Waals surface area contributed by atoms with Gasteiger partial charge in [-0.2, -0.15) is 0 Å². The smallest absolute Gasteiger partial charge is 0.123 e. The predicted octanol–water partition coefficient (Wildman–Crippen LogP) is 4.96. The van der Waals surface area contributed by atoms with Crippen LogP contribution in [0, 0.1) is 11.7 Å². The summed E-state index contributed by atoms with van der Waals surface area (Å²) in [6, 6.07) is 4.74. The van der Waals surface area contributed by atoms with Crippen LogP contribution in [-0.4, -0.2) is 6.54 Å². The third kappa shape index (κ3) is 4.25. The van der Waals surface area contributed by atoms with E-state index in [1.807, 2.05) is 0 Å². The van der Waals surface area contributed by atoms with Crippen LogP contribution in [0.2, 0.25) is 5.02 Å². The molecule has 18 heavy (non-hydrogen) atoms. The Kier molecular flexibility index (Phi) is 6.66. The van der Waals surface area contributed by atoms with E-state index in [4.69, 9.17) is 11.6 Å². The van der Waals surface area contributed by atoms with E-state index in [1.54, 1.807) is 12.1 Å². The Labute approximate surface area is 115 Å². The van der Waals surface area contributed by atoms with E-state index in [0.29, 0.717) is 10.9 Å². The minimum absolute atomic E-state index is 0.132. The molecule has 102 valence electrons. The zero-order valence-corrected chi connectivity index (χ0v) is 12.2. The number of halogens is 2. The van der Waals surface area contributed by atoms with Gasteiger partial charge in [-0.3, -0.25) is 0 Å². The van der Waals surface area contributed by atoms with Gasteiger partial charge in [0.1, 0.15) is 5.82 Å². The Bertz CT molecular complexity index is 368. The van der Waals surface area contributed by atoms with Crippen LogP contribution in [0.25, 0.3) is 0 Å². The van der Waals surface area contributed by atoms with Crippen LogP contribution < -0.4 is 5.32 Å². The summed E-state index contributed by atoms with van der Waals surface area (Å²) in [6.07, 6.45) is 3.29. The van der Waals surface area contributed by atoms with Crippen LogP contribution in [0.5, 0.6) is 0 Å². The van der Waals surface area contributed by atoms with Crippen molar-refractivity contribution in [1.29, 1.82) is 0 Å². The normalized spacial score (nSPS) is 14.5. The van der Waals surface area contributed by atoms with Crippen molar-refractivity contribution < 1.29 is 4.39 Å². The Hall–Kier alpha value is -0.600. The molecule has 1 nitrogen and oxygen atoms in total. The topological polar surface area (TPSA) is 12.0 Å². The lowest BCUT2D eigenvalue weighted by molar-refractivity contribution is 0.362. The Morgan fingerprint density at radius 3 is 2.61 bits per heavy atom. The van der Waals surface area contributed by atoms with Gasteiger partial charge in [0.15, 0.2) is 0 Å². The van der Waals surface area contributed by atoms with Gasteiger partial charge in [-0.25, -0.2) is 4.39 Å². The second-order valence-electron chi connectivity index (χ2n) is 4.86. The van der Waals surface area contributed by atoms with E-state index in [-0.39, 0.29) is 11.9 Å². The highest BCUT2D eigenvalue weighted by molar-refractivity contribution is 6.31. The molecule has 0 aliphatic heterocycles. The summed E-state index contributed by atoms with van der Waals surface area (Å²) in [4.78, 5) is 0. The van der Waals surface area contributed by atoms with Crippen LogP contribution in [0.4, 0.5) is 4.39 Å². The van der Waals surface area contributed by atoms with Crippen molar-refractivity contribution in [2.75, 3.05) is 6.54 Å². The molecule has 0 heterocycles. The summed E-state index contributed by atoms with van der Waals surface area (Å²) < 4.78 is 13.4. The van der Waals surface area contributed by atoms with Gasteiger partial charge in [0, 0.05) is 11.1 Å². The molecular formula is C15H23ClFN. The highest BCUT2D eigenvalue weighted by atomic mass is 35.5. The summed E-state index contributed by atoms with van der Waals surface area (Å²) in [7, 11) is 0. The van der Waals surface area contributed by atoms with E-state index >= 15 is 0 Å². The fourth-order valence-corrected chi connectivity index (χ4v) is 2.53. The lowest BCUT2D eigenvalue weighted by Gasteiger charge is -2.26. The van der Waals surface area contributed by atoms with Gasteiger partial charge in [-0.1, -0.05) is 38.8 Å². The second-order valence-corrected chi connectivity index (χ2v) is 5.27. The van der Waals surface area contributed by atoms with Gasteiger partial charge in [0.25, 0.3) is 0 Å². The molecule has 1 aromatic rings. The molecule has 0 aliphatic rings. The molecule has 1 rings (SSSR count). The molecule has 3 heteroatoms. The Balaban J connectivity index is 2.96. The van der Waals surface area contributed by atoms with Gasteiger partial charge < -0.3 is 5.32 Å². The monoisotopic (exact) mass is 271 g/mol. The number of hydrogen-bond acceptors (Lipinski definition) is 1. The predicted molar refractivity (Wildman–Crippen MR) is 76.5 cm³/mol. The van der Waals surface area contributed by atoms with E-state index in [1.165, 1.54) is 6.07 Å². The zero-order valence-electron chi connectivity index (χ0n) is 11.5. The molecule has 0 aliphatic carbocycles. The highest BCUT2D eigenvalue weighted by Crippen LogP contribution is 2.31. The van der Waals surface area contributed by atoms with Gasteiger partial charge >= 0.3 is 0 Å². The molecular weight excluding hydrogens is 249 g/mol. The Morgan fingerprint density at radius 1 is 1.28 bits per heavy atom. The SMILES string of the molecule is CCCNC(c1cc(F)ccc1Cl)C(C)CCC. The third-order valence-corrected chi connectivity index (χ3v) is 3.56. The maximum Gasteiger partial charge on any atom is 0.123 e. The Morgan fingerprint density at radius 2 is 2.00 bits per heavy atom. The molecule has 2 atom stereocenters. The minimum atomic E-state index is -0.221. The van der Waals surface area contributed by atoms with Gasteiger partial charge in [0.2, 0.25) is 0 Å². The van der Waals surface area contributed by atoms with Crippen molar-refractivity contribution in [1.82, 2.24) is 5.32 Å². The molecule has 0 spiro atoms. The molecule has 0 aromatic heterocycles. The second kappa shape index (κ2) is 7.75. The third-order valence-electron chi connectivity index (χ3n) is 3.22. The van der Waals surface area contributed by atoms with E-state index in [2.05, 4.69) is 26.1 Å². The lowest BCUT2D eigenvalue weighted by atomic mass is 9.90. The van der Waals surface area contributed by atoms with Gasteiger partial charge in [-0.15, -0.1) is 0 Å². The molecule has 1 aromatic carbocycles. The van der Waals surface area contributed by atoms with Crippen LogP contribution in [0.3, 0.4) is 0 Å². The van der Waals surface area contributed by atoms with Crippen molar-refractivity contribution in [2.45, 2.75) is 46.1 Å². The molecule has 0 saturated carbocycles. The first-order valence-corrected chi connectivity index (χ1v) is 7.16. The van der Waals surface area contributed by atoms with Crippen LogP contribution in [0.1, 0.15) is 51.6 Å². The van der Waals surface area contributed by atoms with Crippen molar-refractivity contribution in [3.8, 4) is 0 Å². The average Bonchev–Trinajstić information content (AvgIpc) is 2.34. The number of benzene rings is 1. The average molecular weight is 272 g/mol.